The number of carbonyl (C=O) groups is 1. The molecule has 3 N–H and O–H groups in total. The van der Waals surface area contributed by atoms with Crippen LogP contribution in [0, 0.1) is 5.92 Å². The number of halogens is 1. The topological polar surface area (TPSA) is 76.2 Å². The van der Waals surface area contributed by atoms with Crippen molar-refractivity contribution in [1.29, 1.82) is 0 Å². The minimum Gasteiger partial charge on any atom is -0.382 e. The molecule has 0 aliphatic carbocycles. The Hall–Kier alpha value is -3.77. The van der Waals surface area contributed by atoms with E-state index in [1.807, 2.05) is 53.4 Å². The molecule has 5 rings (SSSR count). The molecule has 1 aromatic heterocycles. The zero-order chi connectivity index (χ0) is 24.2. The summed E-state index contributed by atoms with van der Waals surface area (Å²) in [5.74, 6) is 0.963. The molecule has 35 heavy (non-hydrogen) atoms. The molecule has 1 saturated heterocycles. The van der Waals surface area contributed by atoms with E-state index in [9.17, 15) is 4.79 Å². The minimum absolute atomic E-state index is 0.155. The average molecular weight is 486 g/mol. The Morgan fingerprint density at radius 3 is 2.23 bits per heavy atom. The van der Waals surface area contributed by atoms with Gasteiger partial charge in [-0.25, -0.2) is 9.48 Å². The summed E-state index contributed by atoms with van der Waals surface area (Å²) in [5, 5.41) is 8.45. The highest BCUT2D eigenvalue weighted by atomic mass is 35.5. The van der Waals surface area contributed by atoms with Crippen molar-refractivity contribution in [2.24, 2.45) is 5.92 Å². The molecular weight excluding hydrogens is 458 g/mol. The molecule has 1 aliphatic heterocycles. The van der Waals surface area contributed by atoms with E-state index < -0.39 is 0 Å². The number of likely N-dealkylation sites (tertiary alicyclic amines) is 1. The van der Waals surface area contributed by atoms with Crippen LogP contribution < -0.4 is 11.1 Å². The van der Waals surface area contributed by atoms with E-state index in [1.165, 1.54) is 5.56 Å². The second kappa shape index (κ2) is 10.2. The van der Waals surface area contributed by atoms with Crippen molar-refractivity contribution >= 4 is 29.1 Å². The number of carbonyl (C=O) groups excluding carboxylic acids is 1. The van der Waals surface area contributed by atoms with Gasteiger partial charge in [0.05, 0.1) is 5.69 Å². The van der Waals surface area contributed by atoms with Crippen LogP contribution in [0.1, 0.15) is 18.4 Å². The first-order valence-electron chi connectivity index (χ1n) is 11.9. The van der Waals surface area contributed by atoms with Gasteiger partial charge in [0.1, 0.15) is 11.4 Å². The van der Waals surface area contributed by atoms with Crippen molar-refractivity contribution in [3.8, 4) is 16.9 Å². The highest BCUT2D eigenvalue weighted by molar-refractivity contribution is 6.30. The van der Waals surface area contributed by atoms with E-state index in [0.717, 1.165) is 30.5 Å². The second-order valence-electron chi connectivity index (χ2n) is 8.91. The first kappa shape index (κ1) is 23.0. The van der Waals surface area contributed by atoms with Crippen molar-refractivity contribution in [3.63, 3.8) is 0 Å². The van der Waals surface area contributed by atoms with Gasteiger partial charge in [0.2, 0.25) is 0 Å². The van der Waals surface area contributed by atoms with Crippen molar-refractivity contribution in [1.82, 2.24) is 14.7 Å². The van der Waals surface area contributed by atoms with Gasteiger partial charge in [-0.05, 0) is 55.0 Å². The van der Waals surface area contributed by atoms with Crippen LogP contribution in [0.25, 0.3) is 16.9 Å². The van der Waals surface area contributed by atoms with Gasteiger partial charge in [-0.15, -0.1) is 0 Å². The Morgan fingerprint density at radius 1 is 0.943 bits per heavy atom. The summed E-state index contributed by atoms with van der Waals surface area (Å²) in [7, 11) is 0. The number of piperidine rings is 1. The molecule has 0 radical (unpaired) electrons. The summed E-state index contributed by atoms with van der Waals surface area (Å²) < 4.78 is 1.66. The Kier molecular flexibility index (Phi) is 6.73. The third-order valence-electron chi connectivity index (χ3n) is 6.54. The molecule has 3 aromatic carbocycles. The van der Waals surface area contributed by atoms with E-state index in [4.69, 9.17) is 22.4 Å². The standard InChI is InChI=1S/C28H28ClN5O/c29-23-13-11-22(12-14-23)25-26(27(30)34(32-25)24-9-5-2-6-10-24)31-28(35)33-17-15-21(16-18-33)19-20-7-3-1-4-8-20/h1-14,21H,15-19,30H2,(H,31,35). The van der Waals surface area contributed by atoms with Gasteiger partial charge < -0.3 is 16.0 Å². The van der Waals surface area contributed by atoms with Crippen LogP contribution in [-0.2, 0) is 6.42 Å². The molecule has 2 heterocycles. The van der Waals surface area contributed by atoms with Crippen LogP contribution in [0.2, 0.25) is 5.02 Å². The number of nitrogens with zero attached hydrogens (tertiary/aromatic N) is 3. The molecule has 0 unspecified atom stereocenters. The lowest BCUT2D eigenvalue weighted by Gasteiger charge is -2.32. The van der Waals surface area contributed by atoms with E-state index in [0.29, 0.717) is 41.2 Å². The molecule has 0 saturated carbocycles. The molecule has 0 bridgehead atoms. The van der Waals surface area contributed by atoms with Crippen molar-refractivity contribution in [2.45, 2.75) is 19.3 Å². The molecule has 178 valence electrons. The highest BCUT2D eigenvalue weighted by Crippen LogP contribution is 2.35. The lowest BCUT2D eigenvalue weighted by molar-refractivity contribution is 0.182. The van der Waals surface area contributed by atoms with Gasteiger partial charge in [0.15, 0.2) is 5.82 Å². The fourth-order valence-electron chi connectivity index (χ4n) is 4.60. The SMILES string of the molecule is Nc1c(NC(=O)N2CCC(Cc3ccccc3)CC2)c(-c2ccc(Cl)cc2)nn1-c1ccccc1. The Morgan fingerprint density at radius 2 is 1.57 bits per heavy atom. The molecule has 7 heteroatoms. The van der Waals surface area contributed by atoms with Crippen molar-refractivity contribution < 1.29 is 4.79 Å². The minimum atomic E-state index is -0.155. The summed E-state index contributed by atoms with van der Waals surface area (Å²) in [4.78, 5) is 15.1. The maximum absolute atomic E-state index is 13.3. The summed E-state index contributed by atoms with van der Waals surface area (Å²) in [6, 6.07) is 27.4. The molecule has 0 atom stereocenters. The Balaban J connectivity index is 1.35. The summed E-state index contributed by atoms with van der Waals surface area (Å²) in [6.45, 7) is 1.43. The summed E-state index contributed by atoms with van der Waals surface area (Å²) in [5.41, 5.74) is 10.6. The second-order valence-corrected chi connectivity index (χ2v) is 9.35. The monoisotopic (exact) mass is 485 g/mol. The number of benzene rings is 3. The third-order valence-corrected chi connectivity index (χ3v) is 6.79. The van der Waals surface area contributed by atoms with Gasteiger partial charge in [-0.1, -0.05) is 72.3 Å². The number of anilines is 2. The number of hydrogen-bond donors (Lipinski definition) is 2. The molecular formula is C28H28ClN5O. The van der Waals surface area contributed by atoms with Gasteiger partial charge >= 0.3 is 6.03 Å². The van der Waals surface area contributed by atoms with Gasteiger partial charge in [0, 0.05) is 23.7 Å². The highest BCUT2D eigenvalue weighted by Gasteiger charge is 2.26. The number of aromatic nitrogens is 2. The molecule has 2 amide bonds. The molecule has 4 aromatic rings. The summed E-state index contributed by atoms with van der Waals surface area (Å²) in [6.07, 6.45) is 3.00. The number of para-hydroxylation sites is 1. The molecule has 1 aliphatic rings. The normalized spacial score (nSPS) is 14.1. The van der Waals surface area contributed by atoms with Crippen LogP contribution in [0.4, 0.5) is 16.3 Å². The van der Waals surface area contributed by atoms with E-state index in [2.05, 4.69) is 29.6 Å². The lowest BCUT2D eigenvalue weighted by Crippen LogP contribution is -2.41. The van der Waals surface area contributed by atoms with Crippen LogP contribution in [0.15, 0.2) is 84.9 Å². The molecule has 1 fully saturated rings. The van der Waals surface area contributed by atoms with Crippen LogP contribution >= 0.6 is 11.6 Å². The van der Waals surface area contributed by atoms with E-state index in [1.54, 1.807) is 16.8 Å². The first-order chi connectivity index (χ1) is 17.1. The Bertz CT molecular complexity index is 1280. The van der Waals surface area contributed by atoms with Gasteiger partial charge in [0.25, 0.3) is 0 Å². The number of nitrogens with one attached hydrogen (secondary N) is 1. The fourth-order valence-corrected chi connectivity index (χ4v) is 4.73. The van der Waals surface area contributed by atoms with Gasteiger partial charge in [-0.2, -0.15) is 5.10 Å². The number of nitrogens with two attached hydrogens (primary N) is 1. The largest absolute Gasteiger partial charge is 0.382 e. The average Bonchev–Trinajstić information content (AvgIpc) is 3.22. The number of hydrogen-bond acceptors (Lipinski definition) is 3. The summed E-state index contributed by atoms with van der Waals surface area (Å²) >= 11 is 6.09. The molecule has 6 nitrogen and oxygen atoms in total. The fraction of sp³-hybridized carbons (Fsp3) is 0.214. The first-order valence-corrected chi connectivity index (χ1v) is 12.3. The smallest absolute Gasteiger partial charge is 0.322 e. The van der Waals surface area contributed by atoms with Crippen LogP contribution in [0.3, 0.4) is 0 Å². The zero-order valence-electron chi connectivity index (χ0n) is 19.4. The predicted molar refractivity (Wildman–Crippen MR) is 142 cm³/mol. The third kappa shape index (κ3) is 5.17. The van der Waals surface area contributed by atoms with Crippen molar-refractivity contribution in [3.05, 3.63) is 95.5 Å². The number of rotatable bonds is 5. The predicted octanol–water partition coefficient (Wildman–Crippen LogP) is 6.26. The number of amides is 2. The zero-order valence-corrected chi connectivity index (χ0v) is 20.2. The maximum atomic E-state index is 13.3. The number of urea groups is 1. The van der Waals surface area contributed by atoms with Gasteiger partial charge in [-0.3, -0.25) is 0 Å². The lowest BCUT2D eigenvalue weighted by atomic mass is 9.90. The van der Waals surface area contributed by atoms with Crippen LogP contribution in [-0.4, -0.2) is 33.8 Å². The Labute approximate surface area is 210 Å². The van der Waals surface area contributed by atoms with E-state index >= 15 is 0 Å². The number of nitrogen functional groups attached to an aromatic ring is 1. The van der Waals surface area contributed by atoms with E-state index in [-0.39, 0.29) is 6.03 Å². The van der Waals surface area contributed by atoms with Crippen LogP contribution in [0.5, 0.6) is 0 Å². The van der Waals surface area contributed by atoms with Crippen molar-refractivity contribution in [2.75, 3.05) is 24.1 Å². The molecule has 0 spiro atoms. The maximum Gasteiger partial charge on any atom is 0.322 e. The quantitative estimate of drug-likeness (QED) is 0.350.